The lowest BCUT2D eigenvalue weighted by Gasteiger charge is -2.28. The van der Waals surface area contributed by atoms with E-state index in [0.29, 0.717) is 0 Å². The fourth-order valence-corrected chi connectivity index (χ4v) is 2.45. The molecule has 0 aromatic carbocycles. The first kappa shape index (κ1) is 8.52. The van der Waals surface area contributed by atoms with Gasteiger partial charge in [-0.15, -0.1) is 0 Å². The third-order valence-corrected chi connectivity index (χ3v) is 3.32. The van der Waals surface area contributed by atoms with Gasteiger partial charge in [-0.2, -0.15) is 0 Å². The minimum absolute atomic E-state index is 0.728. The van der Waals surface area contributed by atoms with Gasteiger partial charge in [-0.05, 0) is 45.7 Å². The topological polar surface area (TPSA) is 15.3 Å². The lowest BCUT2D eigenvalue weighted by Crippen LogP contribution is -2.41. The third kappa shape index (κ3) is 1.64. The zero-order chi connectivity index (χ0) is 8.55. The second kappa shape index (κ2) is 3.35. The highest BCUT2D eigenvalue weighted by molar-refractivity contribution is 4.88. The van der Waals surface area contributed by atoms with E-state index in [2.05, 4.69) is 24.1 Å². The Bertz CT molecular complexity index is 156. The summed E-state index contributed by atoms with van der Waals surface area (Å²) in [5, 5.41) is 3.60. The number of nitrogens with zero attached hydrogens (tertiary/aromatic N) is 1. The largest absolute Gasteiger partial charge is 0.312 e. The number of rotatable bonds is 1. The molecular formula is C10H20N2. The highest BCUT2D eigenvalue weighted by atomic mass is 15.2. The number of fused-ring (bicyclic) bond motifs is 2. The molecule has 2 heterocycles. The molecule has 0 amide bonds. The minimum atomic E-state index is 0.728. The van der Waals surface area contributed by atoms with Crippen LogP contribution in [0, 0.1) is 5.92 Å². The predicted octanol–water partition coefficient (Wildman–Crippen LogP) is 1.08. The molecule has 2 aliphatic heterocycles. The molecule has 0 saturated carbocycles. The minimum Gasteiger partial charge on any atom is -0.312 e. The fraction of sp³-hybridized carbons (Fsp3) is 1.00. The van der Waals surface area contributed by atoms with Gasteiger partial charge in [0.25, 0.3) is 0 Å². The Kier molecular flexibility index (Phi) is 2.37. The van der Waals surface area contributed by atoms with Crippen molar-refractivity contribution in [1.82, 2.24) is 10.2 Å². The highest BCUT2D eigenvalue weighted by Gasteiger charge is 2.29. The summed E-state index contributed by atoms with van der Waals surface area (Å²) in [4.78, 5) is 2.61. The van der Waals surface area contributed by atoms with Gasteiger partial charge in [0, 0.05) is 18.6 Å². The van der Waals surface area contributed by atoms with E-state index in [1.54, 1.807) is 0 Å². The molecule has 2 rings (SSSR count). The van der Waals surface area contributed by atoms with Crippen molar-refractivity contribution in [1.29, 1.82) is 0 Å². The molecule has 2 nitrogen and oxygen atoms in total. The van der Waals surface area contributed by atoms with Crippen LogP contribution in [0.25, 0.3) is 0 Å². The van der Waals surface area contributed by atoms with Gasteiger partial charge in [-0.3, -0.25) is 4.90 Å². The molecule has 0 spiro atoms. The molecule has 0 aromatic rings. The Morgan fingerprint density at radius 3 is 3.00 bits per heavy atom. The van der Waals surface area contributed by atoms with Crippen molar-refractivity contribution in [3.8, 4) is 0 Å². The van der Waals surface area contributed by atoms with Crippen molar-refractivity contribution in [3.63, 3.8) is 0 Å². The Balaban J connectivity index is 1.96. The van der Waals surface area contributed by atoms with Crippen molar-refractivity contribution >= 4 is 0 Å². The quantitative estimate of drug-likeness (QED) is 0.630. The van der Waals surface area contributed by atoms with Gasteiger partial charge in [0.2, 0.25) is 0 Å². The van der Waals surface area contributed by atoms with E-state index in [0.717, 1.165) is 18.0 Å². The molecule has 2 heteroatoms. The summed E-state index contributed by atoms with van der Waals surface area (Å²) in [6.07, 6.45) is 2.82. The lowest BCUT2D eigenvalue weighted by molar-refractivity contribution is 0.204. The van der Waals surface area contributed by atoms with E-state index in [1.807, 2.05) is 0 Å². The summed E-state index contributed by atoms with van der Waals surface area (Å²) in [5.41, 5.74) is 0. The van der Waals surface area contributed by atoms with Crippen molar-refractivity contribution in [2.24, 2.45) is 5.92 Å². The van der Waals surface area contributed by atoms with E-state index < -0.39 is 0 Å². The Hall–Kier alpha value is -0.0800. The molecule has 70 valence electrons. The van der Waals surface area contributed by atoms with E-state index in [4.69, 9.17) is 0 Å². The molecule has 2 saturated heterocycles. The molecule has 12 heavy (non-hydrogen) atoms. The highest BCUT2D eigenvalue weighted by Crippen LogP contribution is 2.23. The molecule has 1 N–H and O–H groups in total. The summed E-state index contributed by atoms with van der Waals surface area (Å²) in [6, 6.07) is 1.52. The van der Waals surface area contributed by atoms with Crippen LogP contribution >= 0.6 is 0 Å². The summed E-state index contributed by atoms with van der Waals surface area (Å²) in [7, 11) is 0. The fourth-order valence-electron chi connectivity index (χ4n) is 2.45. The first-order valence-electron chi connectivity index (χ1n) is 5.23. The van der Waals surface area contributed by atoms with Crippen LogP contribution in [0.15, 0.2) is 0 Å². The van der Waals surface area contributed by atoms with Crippen molar-refractivity contribution in [2.75, 3.05) is 19.6 Å². The maximum Gasteiger partial charge on any atom is 0.0198 e. The summed E-state index contributed by atoms with van der Waals surface area (Å²) >= 11 is 0. The molecule has 2 fully saturated rings. The number of hydrogen-bond donors (Lipinski definition) is 1. The van der Waals surface area contributed by atoms with Gasteiger partial charge in [-0.1, -0.05) is 0 Å². The second-order valence-electron chi connectivity index (χ2n) is 4.58. The van der Waals surface area contributed by atoms with Crippen LogP contribution in [0.5, 0.6) is 0 Å². The SMILES string of the molecule is CC(C)N1CCC2CNC(C2)C1. The Morgan fingerprint density at radius 1 is 1.42 bits per heavy atom. The third-order valence-electron chi connectivity index (χ3n) is 3.32. The van der Waals surface area contributed by atoms with Crippen LogP contribution in [0.2, 0.25) is 0 Å². The van der Waals surface area contributed by atoms with Gasteiger partial charge >= 0.3 is 0 Å². The molecule has 2 aliphatic rings. The van der Waals surface area contributed by atoms with E-state index in [9.17, 15) is 0 Å². The van der Waals surface area contributed by atoms with Crippen LogP contribution in [-0.4, -0.2) is 36.6 Å². The molecule has 0 aromatic heterocycles. The molecule has 2 atom stereocenters. The normalized spacial score (nSPS) is 37.2. The lowest BCUT2D eigenvalue weighted by atomic mass is 10.0. The number of hydrogen-bond acceptors (Lipinski definition) is 2. The number of nitrogens with one attached hydrogen (secondary N) is 1. The monoisotopic (exact) mass is 168 g/mol. The van der Waals surface area contributed by atoms with Crippen LogP contribution in [0.1, 0.15) is 26.7 Å². The summed E-state index contributed by atoms with van der Waals surface area (Å²) < 4.78 is 0. The standard InChI is InChI=1S/C10H20N2/c1-8(2)12-4-3-9-5-10(7-12)11-6-9/h8-11H,3-7H2,1-2H3. The first-order valence-corrected chi connectivity index (χ1v) is 5.23. The van der Waals surface area contributed by atoms with Gasteiger partial charge in [0.1, 0.15) is 0 Å². The summed E-state index contributed by atoms with van der Waals surface area (Å²) in [5.74, 6) is 0.971. The smallest absolute Gasteiger partial charge is 0.0198 e. The van der Waals surface area contributed by atoms with Crippen molar-refractivity contribution in [2.45, 2.75) is 38.8 Å². The maximum absolute atomic E-state index is 3.60. The molecule has 2 bridgehead atoms. The average Bonchev–Trinajstić information content (AvgIpc) is 2.29. The van der Waals surface area contributed by atoms with Crippen molar-refractivity contribution < 1.29 is 0 Å². The number of likely N-dealkylation sites (tertiary alicyclic amines) is 1. The van der Waals surface area contributed by atoms with E-state index in [1.165, 1.54) is 32.5 Å². The molecule has 0 radical (unpaired) electrons. The Morgan fingerprint density at radius 2 is 2.25 bits per heavy atom. The summed E-state index contributed by atoms with van der Waals surface area (Å²) in [6.45, 7) is 8.48. The molecular weight excluding hydrogens is 148 g/mol. The van der Waals surface area contributed by atoms with E-state index in [-0.39, 0.29) is 0 Å². The van der Waals surface area contributed by atoms with Gasteiger partial charge in [-0.25, -0.2) is 0 Å². The zero-order valence-corrected chi connectivity index (χ0v) is 8.21. The van der Waals surface area contributed by atoms with E-state index >= 15 is 0 Å². The maximum atomic E-state index is 3.60. The predicted molar refractivity (Wildman–Crippen MR) is 51.2 cm³/mol. The Labute approximate surface area is 75.3 Å². The van der Waals surface area contributed by atoms with Gasteiger partial charge < -0.3 is 5.32 Å². The van der Waals surface area contributed by atoms with Crippen LogP contribution < -0.4 is 5.32 Å². The van der Waals surface area contributed by atoms with Gasteiger partial charge in [0.05, 0.1) is 0 Å². The average molecular weight is 168 g/mol. The molecule has 0 aliphatic carbocycles. The first-order chi connectivity index (χ1) is 5.75. The molecule has 2 unspecified atom stereocenters. The zero-order valence-electron chi connectivity index (χ0n) is 8.21. The van der Waals surface area contributed by atoms with Crippen LogP contribution in [-0.2, 0) is 0 Å². The van der Waals surface area contributed by atoms with Gasteiger partial charge in [0.15, 0.2) is 0 Å². The van der Waals surface area contributed by atoms with Crippen LogP contribution in [0.4, 0.5) is 0 Å². The van der Waals surface area contributed by atoms with Crippen molar-refractivity contribution in [3.05, 3.63) is 0 Å². The van der Waals surface area contributed by atoms with Crippen LogP contribution in [0.3, 0.4) is 0 Å². The second-order valence-corrected chi connectivity index (χ2v) is 4.58.